The van der Waals surface area contributed by atoms with Crippen molar-refractivity contribution in [1.29, 1.82) is 0 Å². The summed E-state index contributed by atoms with van der Waals surface area (Å²) in [6, 6.07) is 5.45. The number of carbonyl (C=O) groups is 1. The summed E-state index contributed by atoms with van der Waals surface area (Å²) in [5.41, 5.74) is -0.000704. The van der Waals surface area contributed by atoms with Crippen LogP contribution in [0.15, 0.2) is 24.3 Å². The summed E-state index contributed by atoms with van der Waals surface area (Å²) in [6.07, 6.45) is -4.69. The van der Waals surface area contributed by atoms with E-state index < -0.39 is 18.9 Å². The number of hydrogen-bond donors (Lipinski definition) is 1. The molecule has 1 N–H and O–H groups in total. The van der Waals surface area contributed by atoms with Gasteiger partial charge in [0.2, 0.25) is 0 Å². The van der Waals surface area contributed by atoms with E-state index in [0.717, 1.165) is 0 Å². The molecule has 17 heavy (non-hydrogen) atoms. The fourth-order valence-corrected chi connectivity index (χ4v) is 1.04. The normalized spacial score (nSPS) is 11.2. The monoisotopic (exact) mass is 250 g/mol. The zero-order valence-corrected chi connectivity index (χ0v) is 8.53. The minimum absolute atomic E-state index is 0.000704. The highest BCUT2D eigenvalue weighted by Crippen LogP contribution is 2.16. The highest BCUT2D eigenvalue weighted by Gasteiger charge is 2.28. The fraction of sp³-hybridized carbons (Fsp3) is 0.300. The Morgan fingerprint density at radius 2 is 2.00 bits per heavy atom. The molecule has 0 saturated heterocycles. The van der Waals surface area contributed by atoms with Gasteiger partial charge in [-0.05, 0) is 18.2 Å². The summed E-state index contributed by atoms with van der Waals surface area (Å²) in [5, 5.41) is 8.66. The van der Waals surface area contributed by atoms with Crippen molar-refractivity contribution in [1.82, 2.24) is 0 Å². The molecule has 1 aromatic carbocycles. The maximum Gasteiger partial charge on any atom is 0.522 e. The number of carboxylic acid groups (broad SMARTS) is 1. The molecule has 0 saturated carbocycles. The molecule has 7 heteroatoms. The number of halogens is 3. The van der Waals surface area contributed by atoms with Crippen LogP contribution in [0.5, 0.6) is 5.75 Å². The molecule has 0 aliphatic rings. The quantitative estimate of drug-likeness (QED) is 0.814. The van der Waals surface area contributed by atoms with Crippen LogP contribution in [0.2, 0.25) is 0 Å². The average molecular weight is 250 g/mol. The van der Waals surface area contributed by atoms with Crippen molar-refractivity contribution >= 4 is 5.97 Å². The van der Waals surface area contributed by atoms with E-state index >= 15 is 0 Å². The average Bonchev–Trinajstić information content (AvgIpc) is 2.23. The molecule has 0 bridgehead atoms. The number of carboxylic acids is 1. The van der Waals surface area contributed by atoms with E-state index in [1.54, 1.807) is 0 Å². The molecular formula is C10H9F3O4. The van der Waals surface area contributed by atoms with E-state index in [2.05, 4.69) is 4.74 Å². The van der Waals surface area contributed by atoms with E-state index in [0.29, 0.717) is 0 Å². The van der Waals surface area contributed by atoms with Gasteiger partial charge in [0, 0.05) is 0 Å². The topological polar surface area (TPSA) is 55.8 Å². The number of rotatable bonds is 5. The largest absolute Gasteiger partial charge is 0.522 e. The Morgan fingerprint density at radius 1 is 1.29 bits per heavy atom. The van der Waals surface area contributed by atoms with Gasteiger partial charge in [-0.15, -0.1) is 13.2 Å². The lowest BCUT2D eigenvalue weighted by atomic mass is 10.2. The Kier molecular flexibility index (Phi) is 4.33. The lowest BCUT2D eigenvalue weighted by molar-refractivity contribution is -0.325. The molecule has 0 heterocycles. The second kappa shape index (κ2) is 5.53. The summed E-state index contributed by atoms with van der Waals surface area (Å²) >= 11 is 0. The molecule has 94 valence electrons. The van der Waals surface area contributed by atoms with E-state index in [1.807, 2.05) is 0 Å². The maximum atomic E-state index is 11.6. The van der Waals surface area contributed by atoms with Gasteiger partial charge in [0.1, 0.15) is 12.4 Å². The first kappa shape index (κ1) is 13.3. The lowest BCUT2D eigenvalue weighted by Crippen LogP contribution is -2.18. The van der Waals surface area contributed by atoms with Crippen molar-refractivity contribution in [2.75, 3.05) is 13.2 Å². The molecule has 0 amide bonds. The molecular weight excluding hydrogens is 241 g/mol. The molecule has 0 radical (unpaired) electrons. The van der Waals surface area contributed by atoms with Crippen LogP contribution >= 0.6 is 0 Å². The number of ether oxygens (including phenoxy) is 2. The summed E-state index contributed by atoms with van der Waals surface area (Å²) in [7, 11) is 0. The van der Waals surface area contributed by atoms with Crippen LogP contribution in [0.4, 0.5) is 13.2 Å². The number of benzene rings is 1. The molecule has 0 aliphatic heterocycles. The second-order valence-corrected chi connectivity index (χ2v) is 2.98. The second-order valence-electron chi connectivity index (χ2n) is 2.98. The minimum atomic E-state index is -4.69. The molecule has 0 unspecified atom stereocenters. The highest BCUT2D eigenvalue weighted by molar-refractivity contribution is 5.87. The van der Waals surface area contributed by atoms with E-state index in [1.165, 1.54) is 24.3 Å². The van der Waals surface area contributed by atoms with Crippen molar-refractivity contribution in [2.45, 2.75) is 6.36 Å². The molecule has 0 fully saturated rings. The van der Waals surface area contributed by atoms with Gasteiger partial charge in [-0.3, -0.25) is 4.74 Å². The van der Waals surface area contributed by atoms with Gasteiger partial charge in [-0.2, -0.15) is 0 Å². The molecule has 0 spiro atoms. The smallest absolute Gasteiger partial charge is 0.491 e. The first-order valence-corrected chi connectivity index (χ1v) is 4.55. The van der Waals surface area contributed by atoms with E-state index in [9.17, 15) is 18.0 Å². The van der Waals surface area contributed by atoms with Crippen LogP contribution in [0.1, 0.15) is 10.4 Å². The van der Waals surface area contributed by atoms with Gasteiger partial charge in [0.05, 0.1) is 12.2 Å². The third-order valence-electron chi connectivity index (χ3n) is 1.70. The molecule has 0 aliphatic carbocycles. The van der Waals surface area contributed by atoms with Crippen LogP contribution in [0.3, 0.4) is 0 Å². The highest BCUT2D eigenvalue weighted by atomic mass is 19.4. The van der Waals surface area contributed by atoms with Crippen molar-refractivity contribution in [3.8, 4) is 5.75 Å². The predicted octanol–water partition coefficient (Wildman–Crippen LogP) is 2.30. The zero-order chi connectivity index (χ0) is 12.9. The van der Waals surface area contributed by atoms with Crippen molar-refractivity contribution in [3.05, 3.63) is 29.8 Å². The summed E-state index contributed by atoms with van der Waals surface area (Å²) in [6.45, 7) is -0.969. The Hall–Kier alpha value is -1.76. The van der Waals surface area contributed by atoms with Gasteiger partial charge >= 0.3 is 12.3 Å². The molecule has 0 aromatic heterocycles. The first-order valence-electron chi connectivity index (χ1n) is 4.55. The number of alkyl halides is 3. The summed E-state index contributed by atoms with van der Waals surface area (Å²) < 4.78 is 43.2. The number of aromatic carboxylic acids is 1. The number of hydrogen-bond acceptors (Lipinski definition) is 3. The summed E-state index contributed by atoms with van der Waals surface area (Å²) in [4.78, 5) is 10.6. The third-order valence-corrected chi connectivity index (χ3v) is 1.70. The zero-order valence-electron chi connectivity index (χ0n) is 8.53. The Balaban J connectivity index is 2.42. The van der Waals surface area contributed by atoms with Gasteiger partial charge in [0.25, 0.3) is 0 Å². The van der Waals surface area contributed by atoms with E-state index in [4.69, 9.17) is 9.84 Å². The van der Waals surface area contributed by atoms with Crippen LogP contribution in [-0.2, 0) is 4.74 Å². The van der Waals surface area contributed by atoms with Gasteiger partial charge in [-0.1, -0.05) is 6.07 Å². The predicted molar refractivity (Wildman–Crippen MR) is 50.9 cm³/mol. The van der Waals surface area contributed by atoms with E-state index in [-0.39, 0.29) is 17.9 Å². The fourth-order valence-electron chi connectivity index (χ4n) is 1.04. The third kappa shape index (κ3) is 5.21. The van der Waals surface area contributed by atoms with Gasteiger partial charge < -0.3 is 9.84 Å². The standard InChI is InChI=1S/C10H9F3O4/c11-10(12,13)17-5-4-16-8-3-1-2-7(6-8)9(14)15/h1-3,6H,4-5H2,(H,14,15). The Bertz CT molecular complexity index is 389. The van der Waals surface area contributed by atoms with Crippen LogP contribution in [0.25, 0.3) is 0 Å². The van der Waals surface area contributed by atoms with Crippen LogP contribution < -0.4 is 4.74 Å². The Labute approximate surface area is 94.6 Å². The molecule has 1 rings (SSSR count). The SMILES string of the molecule is O=C(O)c1cccc(OCCOC(F)(F)F)c1. The maximum absolute atomic E-state index is 11.6. The van der Waals surface area contributed by atoms with Crippen molar-refractivity contribution in [3.63, 3.8) is 0 Å². The Morgan fingerprint density at radius 3 is 2.59 bits per heavy atom. The van der Waals surface area contributed by atoms with Gasteiger partial charge in [0.15, 0.2) is 0 Å². The minimum Gasteiger partial charge on any atom is -0.491 e. The molecule has 0 atom stereocenters. The lowest BCUT2D eigenvalue weighted by Gasteiger charge is -2.09. The van der Waals surface area contributed by atoms with Crippen LogP contribution in [-0.4, -0.2) is 30.7 Å². The van der Waals surface area contributed by atoms with Gasteiger partial charge in [-0.25, -0.2) is 4.79 Å². The molecule has 1 aromatic rings. The summed E-state index contributed by atoms with van der Waals surface area (Å²) in [5.74, 6) is -0.960. The van der Waals surface area contributed by atoms with Crippen LogP contribution in [0, 0.1) is 0 Å². The van der Waals surface area contributed by atoms with Crippen molar-refractivity contribution < 1.29 is 32.5 Å². The first-order chi connectivity index (χ1) is 7.88. The van der Waals surface area contributed by atoms with Crippen molar-refractivity contribution in [2.24, 2.45) is 0 Å². The molecule has 4 nitrogen and oxygen atoms in total.